The van der Waals surface area contributed by atoms with E-state index in [1.54, 1.807) is 0 Å². The number of carbonyl (C=O) groups is 1. The summed E-state index contributed by atoms with van der Waals surface area (Å²) in [5, 5.41) is 2.96. The van der Waals surface area contributed by atoms with E-state index in [9.17, 15) is 4.79 Å². The topological polar surface area (TPSA) is 38.3 Å². The second-order valence-electron chi connectivity index (χ2n) is 4.47. The lowest BCUT2D eigenvalue weighted by Gasteiger charge is -2.30. The molecule has 0 radical (unpaired) electrons. The van der Waals surface area contributed by atoms with E-state index in [0.717, 1.165) is 12.8 Å². The molecule has 0 saturated carbocycles. The van der Waals surface area contributed by atoms with Crippen LogP contribution in [0, 0.1) is 5.92 Å². The van der Waals surface area contributed by atoms with Crippen LogP contribution in [0.3, 0.4) is 0 Å². The van der Waals surface area contributed by atoms with Crippen LogP contribution in [0.5, 0.6) is 0 Å². The summed E-state index contributed by atoms with van der Waals surface area (Å²) < 4.78 is 5.38. The maximum Gasteiger partial charge on any atom is 0.226 e. The molecule has 0 bridgehead atoms. The number of hydrogen-bond donors (Lipinski definition) is 1. The molecule has 1 saturated heterocycles. The summed E-state index contributed by atoms with van der Waals surface area (Å²) in [4.78, 5) is 12.0. The van der Waals surface area contributed by atoms with Gasteiger partial charge in [-0.15, -0.1) is 23.2 Å². The first-order valence-electron chi connectivity index (χ1n) is 5.62. The highest BCUT2D eigenvalue weighted by atomic mass is 35.5. The summed E-state index contributed by atoms with van der Waals surface area (Å²) >= 11 is 11.7. The van der Waals surface area contributed by atoms with Crippen molar-refractivity contribution in [3.8, 4) is 0 Å². The fourth-order valence-electron chi connectivity index (χ4n) is 1.74. The summed E-state index contributed by atoms with van der Waals surface area (Å²) in [5.41, 5.74) is -0.480. The van der Waals surface area contributed by atoms with E-state index in [2.05, 4.69) is 5.32 Å². The molecule has 0 spiro atoms. The van der Waals surface area contributed by atoms with Crippen LogP contribution < -0.4 is 5.32 Å². The molecule has 0 aromatic rings. The Morgan fingerprint density at radius 1 is 1.50 bits per heavy atom. The van der Waals surface area contributed by atoms with Crippen molar-refractivity contribution in [3.05, 3.63) is 0 Å². The zero-order valence-corrected chi connectivity index (χ0v) is 11.3. The fraction of sp³-hybridized carbons (Fsp3) is 0.909. The Kier molecular flexibility index (Phi) is 5.35. The van der Waals surface area contributed by atoms with E-state index in [1.165, 1.54) is 0 Å². The van der Waals surface area contributed by atoms with E-state index in [0.29, 0.717) is 18.4 Å². The number of alkyl halides is 2. The standard InChI is InChI=1S/C11H19Cl2NO2/c1-3-11(6-12,7-13)14-10(15)9-4-8(2)16-5-9/h8-9H,3-7H2,1-2H3,(H,14,15). The molecule has 2 unspecified atom stereocenters. The van der Waals surface area contributed by atoms with Gasteiger partial charge in [-0.25, -0.2) is 0 Å². The molecule has 1 amide bonds. The van der Waals surface area contributed by atoms with Gasteiger partial charge in [-0.1, -0.05) is 6.92 Å². The minimum absolute atomic E-state index is 0.00694. The Bertz CT molecular complexity index is 236. The van der Waals surface area contributed by atoms with Crippen molar-refractivity contribution in [1.82, 2.24) is 5.32 Å². The third-order valence-electron chi connectivity index (χ3n) is 3.15. The zero-order valence-electron chi connectivity index (χ0n) is 9.76. The summed E-state index contributed by atoms with van der Waals surface area (Å²) in [5.74, 6) is 0.615. The molecule has 5 heteroatoms. The van der Waals surface area contributed by atoms with Gasteiger partial charge in [-0.2, -0.15) is 0 Å². The molecule has 94 valence electrons. The van der Waals surface area contributed by atoms with Crippen molar-refractivity contribution >= 4 is 29.1 Å². The molecule has 0 aliphatic carbocycles. The van der Waals surface area contributed by atoms with Gasteiger partial charge >= 0.3 is 0 Å². The Morgan fingerprint density at radius 2 is 2.12 bits per heavy atom. The number of halogens is 2. The number of rotatable bonds is 5. The minimum Gasteiger partial charge on any atom is -0.378 e. The highest BCUT2D eigenvalue weighted by Crippen LogP contribution is 2.22. The molecular formula is C11H19Cl2NO2. The SMILES string of the molecule is CCC(CCl)(CCl)NC(=O)C1COC(C)C1. The second-order valence-corrected chi connectivity index (χ2v) is 5.00. The first-order chi connectivity index (χ1) is 7.56. The van der Waals surface area contributed by atoms with Crippen LogP contribution in [0.25, 0.3) is 0 Å². The molecule has 1 aliphatic heterocycles. The van der Waals surface area contributed by atoms with E-state index in [-0.39, 0.29) is 17.9 Å². The molecular weight excluding hydrogens is 249 g/mol. The minimum atomic E-state index is -0.480. The van der Waals surface area contributed by atoms with Gasteiger partial charge in [0.1, 0.15) is 0 Å². The van der Waals surface area contributed by atoms with Gasteiger partial charge in [0.2, 0.25) is 5.91 Å². The van der Waals surface area contributed by atoms with E-state index >= 15 is 0 Å². The molecule has 1 fully saturated rings. The van der Waals surface area contributed by atoms with Crippen molar-refractivity contribution < 1.29 is 9.53 Å². The summed E-state index contributed by atoms with van der Waals surface area (Å²) in [6, 6.07) is 0. The largest absolute Gasteiger partial charge is 0.378 e. The Balaban J connectivity index is 2.55. The van der Waals surface area contributed by atoms with Crippen LogP contribution in [0.15, 0.2) is 0 Å². The van der Waals surface area contributed by atoms with Crippen LogP contribution in [0.4, 0.5) is 0 Å². The average Bonchev–Trinajstić information content (AvgIpc) is 2.73. The molecule has 0 aromatic heterocycles. The Morgan fingerprint density at radius 3 is 2.50 bits per heavy atom. The van der Waals surface area contributed by atoms with E-state index < -0.39 is 5.54 Å². The molecule has 1 heterocycles. The average molecular weight is 268 g/mol. The van der Waals surface area contributed by atoms with Crippen LogP contribution in [-0.4, -0.2) is 35.9 Å². The first-order valence-corrected chi connectivity index (χ1v) is 6.69. The lowest BCUT2D eigenvalue weighted by molar-refractivity contribution is -0.126. The van der Waals surface area contributed by atoms with Gasteiger partial charge in [-0.05, 0) is 19.8 Å². The molecule has 16 heavy (non-hydrogen) atoms. The van der Waals surface area contributed by atoms with Crippen molar-refractivity contribution in [2.24, 2.45) is 5.92 Å². The third-order valence-corrected chi connectivity index (χ3v) is 4.17. The van der Waals surface area contributed by atoms with Gasteiger partial charge in [0, 0.05) is 11.8 Å². The predicted molar refractivity (Wildman–Crippen MR) is 66.1 cm³/mol. The molecule has 1 aliphatic rings. The monoisotopic (exact) mass is 267 g/mol. The van der Waals surface area contributed by atoms with Gasteiger partial charge in [0.15, 0.2) is 0 Å². The Hall–Kier alpha value is 0.01000. The number of ether oxygens (including phenoxy) is 1. The molecule has 0 aromatic carbocycles. The highest BCUT2D eigenvalue weighted by molar-refractivity contribution is 6.22. The summed E-state index contributed by atoms with van der Waals surface area (Å²) in [6.07, 6.45) is 1.67. The molecule has 3 nitrogen and oxygen atoms in total. The van der Waals surface area contributed by atoms with E-state index in [4.69, 9.17) is 27.9 Å². The molecule has 1 N–H and O–H groups in total. The van der Waals surface area contributed by atoms with Crippen LogP contribution in [-0.2, 0) is 9.53 Å². The van der Waals surface area contributed by atoms with Crippen molar-refractivity contribution in [3.63, 3.8) is 0 Å². The van der Waals surface area contributed by atoms with Crippen molar-refractivity contribution in [1.29, 1.82) is 0 Å². The second kappa shape index (κ2) is 6.08. The summed E-state index contributed by atoms with van der Waals surface area (Å²) in [6.45, 7) is 4.44. The maximum absolute atomic E-state index is 12.0. The van der Waals surface area contributed by atoms with Gasteiger partial charge < -0.3 is 10.1 Å². The molecule has 1 rings (SSSR count). The fourth-order valence-corrected chi connectivity index (χ4v) is 2.54. The first kappa shape index (κ1) is 14.1. The quantitative estimate of drug-likeness (QED) is 0.776. The van der Waals surface area contributed by atoms with Crippen molar-refractivity contribution in [2.75, 3.05) is 18.4 Å². The van der Waals surface area contributed by atoms with Gasteiger partial charge in [0.25, 0.3) is 0 Å². The smallest absolute Gasteiger partial charge is 0.226 e. The zero-order chi connectivity index (χ0) is 12.2. The van der Waals surface area contributed by atoms with Crippen LogP contribution >= 0.6 is 23.2 Å². The van der Waals surface area contributed by atoms with Gasteiger partial charge in [0.05, 0.1) is 24.2 Å². The lowest BCUT2D eigenvalue weighted by atomic mass is 9.98. The van der Waals surface area contributed by atoms with Crippen LogP contribution in [0.2, 0.25) is 0 Å². The molecule has 2 atom stereocenters. The van der Waals surface area contributed by atoms with Gasteiger partial charge in [-0.3, -0.25) is 4.79 Å². The summed E-state index contributed by atoms with van der Waals surface area (Å²) in [7, 11) is 0. The Labute approximate surface area is 107 Å². The van der Waals surface area contributed by atoms with Crippen molar-refractivity contribution in [2.45, 2.75) is 38.3 Å². The predicted octanol–water partition coefficient (Wildman–Crippen LogP) is 2.15. The number of amides is 1. The normalized spacial score (nSPS) is 25.8. The van der Waals surface area contributed by atoms with E-state index in [1.807, 2.05) is 13.8 Å². The number of hydrogen-bond acceptors (Lipinski definition) is 2. The highest BCUT2D eigenvalue weighted by Gasteiger charge is 2.34. The third kappa shape index (κ3) is 3.25. The number of nitrogens with one attached hydrogen (secondary N) is 1. The maximum atomic E-state index is 12.0. The lowest BCUT2D eigenvalue weighted by Crippen LogP contribution is -2.53. The number of carbonyl (C=O) groups excluding carboxylic acids is 1. The van der Waals surface area contributed by atoms with Crippen LogP contribution in [0.1, 0.15) is 26.7 Å².